The summed E-state index contributed by atoms with van der Waals surface area (Å²) in [6.07, 6.45) is 0. The number of aryl methyl sites for hydroxylation is 1. The van der Waals surface area contributed by atoms with Crippen LogP contribution in [0, 0.1) is 6.92 Å². The van der Waals surface area contributed by atoms with Gasteiger partial charge in [-0.05, 0) is 42.3 Å². The third kappa shape index (κ3) is 3.64. The zero-order valence-corrected chi connectivity index (χ0v) is 17.3. The van der Waals surface area contributed by atoms with Crippen molar-refractivity contribution in [2.24, 2.45) is 0 Å². The Kier molecular flexibility index (Phi) is 5.22. The lowest BCUT2D eigenvalue weighted by atomic mass is 9.96. The Morgan fingerprint density at radius 2 is 1.97 bits per heavy atom. The number of urea groups is 1. The highest BCUT2D eigenvalue weighted by Gasteiger charge is 2.42. The number of nitrogens with one attached hydrogen (secondary N) is 1. The van der Waals surface area contributed by atoms with Gasteiger partial charge in [-0.3, -0.25) is 9.69 Å². The molecule has 2 aliphatic heterocycles. The molecule has 0 fully saturated rings. The first-order valence-electron chi connectivity index (χ1n) is 9.42. The van der Waals surface area contributed by atoms with Gasteiger partial charge >= 0.3 is 12.0 Å². The molecule has 1 atom stereocenters. The number of anilines is 1. The molecule has 0 spiro atoms. The van der Waals surface area contributed by atoms with Crippen molar-refractivity contribution in [2.45, 2.75) is 13.0 Å². The van der Waals surface area contributed by atoms with Crippen molar-refractivity contribution in [3.05, 3.63) is 76.0 Å². The van der Waals surface area contributed by atoms with E-state index in [-0.39, 0.29) is 19.1 Å². The molecule has 1 N–H and O–H groups in total. The van der Waals surface area contributed by atoms with E-state index in [0.29, 0.717) is 21.9 Å². The van der Waals surface area contributed by atoms with E-state index in [1.165, 1.54) is 9.80 Å². The molecule has 2 heterocycles. The van der Waals surface area contributed by atoms with Crippen LogP contribution >= 0.6 is 11.6 Å². The summed E-state index contributed by atoms with van der Waals surface area (Å²) < 4.78 is 5.20. The molecular weight excluding hydrogens is 406 g/mol. The highest BCUT2D eigenvalue weighted by molar-refractivity contribution is 6.30. The molecule has 154 valence electrons. The summed E-state index contributed by atoms with van der Waals surface area (Å²) in [5.41, 5.74) is 3.21. The van der Waals surface area contributed by atoms with Crippen LogP contribution in [0.3, 0.4) is 0 Å². The van der Waals surface area contributed by atoms with Crippen LogP contribution < -0.4 is 10.2 Å². The minimum absolute atomic E-state index is 0.0485. The lowest BCUT2D eigenvalue weighted by molar-refractivity contribution is -0.136. The molecular formula is C22H20ClN3O4. The van der Waals surface area contributed by atoms with Gasteiger partial charge in [-0.25, -0.2) is 9.59 Å². The predicted octanol–water partition coefficient (Wildman–Crippen LogP) is 3.19. The maximum absolute atomic E-state index is 12.9. The Balaban J connectivity index is 1.62. The first-order chi connectivity index (χ1) is 14.3. The highest BCUT2D eigenvalue weighted by atomic mass is 35.5. The molecule has 0 saturated heterocycles. The standard InChI is InChI=1S/C22H20ClN3O4/c1-13-4-3-5-16(10-13)25(2)18(27)11-26-17-12-30-21(28)19(17)20(24-22(26)29)14-6-8-15(23)9-7-14/h3-10,20H,11-12H2,1-2H3,(H,24,29). The molecule has 30 heavy (non-hydrogen) atoms. The third-order valence-corrected chi connectivity index (χ3v) is 5.51. The summed E-state index contributed by atoms with van der Waals surface area (Å²) in [4.78, 5) is 40.9. The van der Waals surface area contributed by atoms with Crippen molar-refractivity contribution in [2.75, 3.05) is 25.1 Å². The topological polar surface area (TPSA) is 79.0 Å². The van der Waals surface area contributed by atoms with Crippen molar-refractivity contribution in [1.82, 2.24) is 10.2 Å². The van der Waals surface area contributed by atoms with Crippen LogP contribution in [0.25, 0.3) is 0 Å². The van der Waals surface area contributed by atoms with Gasteiger partial charge < -0.3 is 15.0 Å². The van der Waals surface area contributed by atoms with Crippen LogP contribution in [0.2, 0.25) is 5.02 Å². The van der Waals surface area contributed by atoms with Crippen molar-refractivity contribution in [1.29, 1.82) is 0 Å². The van der Waals surface area contributed by atoms with E-state index >= 15 is 0 Å². The molecule has 1 unspecified atom stereocenters. The third-order valence-electron chi connectivity index (χ3n) is 5.26. The maximum Gasteiger partial charge on any atom is 0.338 e. The second-order valence-electron chi connectivity index (χ2n) is 7.25. The zero-order valence-electron chi connectivity index (χ0n) is 16.5. The first-order valence-corrected chi connectivity index (χ1v) is 9.80. The predicted molar refractivity (Wildman–Crippen MR) is 112 cm³/mol. The Bertz CT molecular complexity index is 1060. The molecule has 0 aliphatic carbocycles. The van der Waals surface area contributed by atoms with Gasteiger partial charge in [0.1, 0.15) is 13.2 Å². The Morgan fingerprint density at radius 3 is 2.67 bits per heavy atom. The van der Waals surface area contributed by atoms with Gasteiger partial charge in [0.25, 0.3) is 0 Å². The summed E-state index contributed by atoms with van der Waals surface area (Å²) >= 11 is 5.95. The number of benzene rings is 2. The van der Waals surface area contributed by atoms with E-state index in [0.717, 1.165) is 11.3 Å². The van der Waals surface area contributed by atoms with E-state index in [9.17, 15) is 14.4 Å². The molecule has 8 heteroatoms. The molecule has 2 aliphatic rings. The summed E-state index contributed by atoms with van der Waals surface area (Å²) in [6, 6.07) is 13.3. The smallest absolute Gasteiger partial charge is 0.338 e. The van der Waals surface area contributed by atoms with Crippen LogP contribution in [0.4, 0.5) is 10.5 Å². The number of likely N-dealkylation sites (N-methyl/N-ethyl adjacent to an activating group) is 1. The van der Waals surface area contributed by atoms with Crippen molar-refractivity contribution >= 4 is 35.2 Å². The number of nitrogens with zero attached hydrogens (tertiary/aromatic N) is 2. The summed E-state index contributed by atoms with van der Waals surface area (Å²) in [6.45, 7) is 1.68. The average molecular weight is 426 g/mol. The normalized spacial score (nSPS) is 18.1. The van der Waals surface area contributed by atoms with E-state index in [1.807, 2.05) is 31.2 Å². The van der Waals surface area contributed by atoms with E-state index in [4.69, 9.17) is 16.3 Å². The van der Waals surface area contributed by atoms with Crippen LogP contribution in [0.5, 0.6) is 0 Å². The number of hydrogen-bond donors (Lipinski definition) is 1. The Morgan fingerprint density at radius 1 is 1.23 bits per heavy atom. The lowest BCUT2D eigenvalue weighted by Crippen LogP contribution is -2.50. The van der Waals surface area contributed by atoms with Crippen LogP contribution in [0.15, 0.2) is 59.8 Å². The molecule has 7 nitrogen and oxygen atoms in total. The number of rotatable bonds is 4. The van der Waals surface area contributed by atoms with Crippen LogP contribution in [-0.2, 0) is 14.3 Å². The molecule has 0 radical (unpaired) electrons. The fraction of sp³-hybridized carbons (Fsp3) is 0.227. The van der Waals surface area contributed by atoms with Gasteiger partial charge in [-0.1, -0.05) is 35.9 Å². The number of esters is 1. The zero-order chi connectivity index (χ0) is 21.4. The molecule has 0 aromatic heterocycles. The number of carbonyl (C=O) groups is 3. The largest absolute Gasteiger partial charge is 0.456 e. The quantitative estimate of drug-likeness (QED) is 0.763. The Hall–Kier alpha value is -3.32. The molecule has 0 saturated carbocycles. The van der Waals surface area contributed by atoms with E-state index in [1.54, 1.807) is 31.3 Å². The van der Waals surface area contributed by atoms with Crippen molar-refractivity contribution in [3.8, 4) is 0 Å². The van der Waals surface area contributed by atoms with Gasteiger partial charge in [0.2, 0.25) is 5.91 Å². The number of halogens is 1. The number of cyclic esters (lactones) is 1. The Labute approximate surface area is 178 Å². The van der Waals surface area contributed by atoms with Crippen LogP contribution in [0.1, 0.15) is 17.2 Å². The summed E-state index contributed by atoms with van der Waals surface area (Å²) in [7, 11) is 1.65. The number of carbonyl (C=O) groups excluding carboxylic acids is 3. The average Bonchev–Trinajstić information content (AvgIpc) is 3.11. The molecule has 4 rings (SSSR count). The highest BCUT2D eigenvalue weighted by Crippen LogP contribution is 2.35. The second kappa shape index (κ2) is 7.84. The maximum atomic E-state index is 12.9. The van der Waals surface area contributed by atoms with Crippen molar-refractivity contribution in [3.63, 3.8) is 0 Å². The summed E-state index contributed by atoms with van der Waals surface area (Å²) in [5, 5.41) is 3.36. The van der Waals surface area contributed by atoms with Gasteiger partial charge in [-0.2, -0.15) is 0 Å². The van der Waals surface area contributed by atoms with Crippen LogP contribution in [-0.4, -0.2) is 43.0 Å². The van der Waals surface area contributed by atoms with Gasteiger partial charge in [0.05, 0.1) is 17.3 Å². The summed E-state index contributed by atoms with van der Waals surface area (Å²) in [5.74, 6) is -0.790. The van der Waals surface area contributed by atoms with E-state index in [2.05, 4.69) is 5.32 Å². The minimum Gasteiger partial charge on any atom is -0.456 e. The number of amides is 3. The molecule has 0 bridgehead atoms. The van der Waals surface area contributed by atoms with E-state index < -0.39 is 18.0 Å². The molecule has 2 aromatic rings. The lowest BCUT2D eigenvalue weighted by Gasteiger charge is -2.33. The minimum atomic E-state index is -0.652. The second-order valence-corrected chi connectivity index (χ2v) is 7.68. The fourth-order valence-corrected chi connectivity index (χ4v) is 3.73. The molecule has 2 aromatic carbocycles. The fourth-order valence-electron chi connectivity index (χ4n) is 3.61. The first kappa shape index (κ1) is 20.0. The number of hydrogen-bond acceptors (Lipinski definition) is 4. The van der Waals surface area contributed by atoms with Gasteiger partial charge in [-0.15, -0.1) is 0 Å². The van der Waals surface area contributed by atoms with Crippen molar-refractivity contribution < 1.29 is 19.1 Å². The SMILES string of the molecule is Cc1cccc(N(C)C(=O)CN2C(=O)NC(c3ccc(Cl)cc3)C3=C2COC3=O)c1. The van der Waals surface area contributed by atoms with Gasteiger partial charge in [0, 0.05) is 17.8 Å². The number of ether oxygens (including phenoxy) is 1. The molecule has 3 amide bonds. The van der Waals surface area contributed by atoms with Gasteiger partial charge in [0.15, 0.2) is 0 Å². The monoisotopic (exact) mass is 425 g/mol.